The quantitative estimate of drug-likeness (QED) is 0.367. The van der Waals surface area contributed by atoms with E-state index < -0.39 is 0 Å². The van der Waals surface area contributed by atoms with Gasteiger partial charge in [-0.15, -0.1) is 0 Å². The number of amides is 1. The molecular weight excluding hydrogens is 426 g/mol. The van der Waals surface area contributed by atoms with Crippen molar-refractivity contribution in [2.24, 2.45) is 0 Å². The van der Waals surface area contributed by atoms with Gasteiger partial charge in [0.2, 0.25) is 0 Å². The molecule has 1 aliphatic rings. The van der Waals surface area contributed by atoms with Gasteiger partial charge >= 0.3 is 0 Å². The van der Waals surface area contributed by atoms with E-state index in [9.17, 15) is 4.79 Å². The Kier molecular flexibility index (Phi) is 6.03. The van der Waals surface area contributed by atoms with Crippen molar-refractivity contribution < 1.29 is 4.79 Å². The minimum Gasteiger partial charge on any atom is -0.369 e. The Morgan fingerprint density at radius 2 is 1.88 bits per heavy atom. The summed E-state index contributed by atoms with van der Waals surface area (Å²) in [4.78, 5) is 30.1. The number of carbonyl (C=O) groups is 1. The monoisotopic (exact) mass is 453 g/mol. The van der Waals surface area contributed by atoms with Crippen LogP contribution in [-0.4, -0.2) is 45.5 Å². The fraction of sp³-hybridized carbons (Fsp3) is 0.269. The van der Waals surface area contributed by atoms with Crippen LogP contribution in [0.2, 0.25) is 0 Å². The van der Waals surface area contributed by atoms with Crippen LogP contribution in [0.15, 0.2) is 61.2 Å². The van der Waals surface area contributed by atoms with E-state index in [1.54, 1.807) is 31.8 Å². The maximum absolute atomic E-state index is 12.3. The molecule has 4 aromatic rings. The predicted molar refractivity (Wildman–Crippen MR) is 134 cm³/mol. The molecule has 0 unspecified atom stereocenters. The fourth-order valence-corrected chi connectivity index (χ4v) is 4.01. The van der Waals surface area contributed by atoms with Crippen LogP contribution in [0.5, 0.6) is 0 Å². The van der Waals surface area contributed by atoms with Gasteiger partial charge in [-0.25, -0.2) is 15.0 Å². The fourth-order valence-electron chi connectivity index (χ4n) is 4.01. The van der Waals surface area contributed by atoms with Gasteiger partial charge in [0.1, 0.15) is 18.0 Å². The summed E-state index contributed by atoms with van der Waals surface area (Å²) in [7, 11) is 1.64. The summed E-state index contributed by atoms with van der Waals surface area (Å²) in [6.45, 7) is 2.79. The average molecular weight is 454 g/mol. The van der Waals surface area contributed by atoms with E-state index in [0.29, 0.717) is 18.2 Å². The number of carbonyl (C=O) groups excluding carboxylic acids is 1. The van der Waals surface area contributed by atoms with E-state index in [4.69, 9.17) is 0 Å². The number of hydrogen-bond acceptors (Lipinski definition) is 7. The number of rotatable bonds is 8. The smallest absolute Gasteiger partial charge is 0.251 e. The second kappa shape index (κ2) is 9.43. The Morgan fingerprint density at radius 1 is 1.03 bits per heavy atom. The van der Waals surface area contributed by atoms with Crippen LogP contribution in [0.3, 0.4) is 0 Å². The minimum absolute atomic E-state index is 0.115. The van der Waals surface area contributed by atoms with E-state index in [1.165, 1.54) is 12.8 Å². The normalized spacial score (nSPS) is 13.9. The number of fused-ring (bicyclic) bond motifs is 1. The van der Waals surface area contributed by atoms with Crippen molar-refractivity contribution in [3.05, 3.63) is 72.3 Å². The van der Waals surface area contributed by atoms with Gasteiger partial charge in [-0.3, -0.25) is 9.78 Å². The topological polar surface area (TPSA) is 105 Å². The third-order valence-corrected chi connectivity index (χ3v) is 6.05. The highest BCUT2D eigenvalue weighted by Crippen LogP contribution is 2.28. The third-order valence-electron chi connectivity index (χ3n) is 6.05. The molecule has 0 radical (unpaired) electrons. The lowest BCUT2D eigenvalue weighted by molar-refractivity contribution is 0.0964. The van der Waals surface area contributed by atoms with E-state index in [1.807, 2.05) is 30.3 Å². The van der Waals surface area contributed by atoms with Crippen molar-refractivity contribution in [1.82, 2.24) is 25.3 Å². The Labute approximate surface area is 198 Å². The third kappa shape index (κ3) is 4.66. The van der Waals surface area contributed by atoms with E-state index in [0.717, 1.165) is 39.4 Å². The zero-order valence-corrected chi connectivity index (χ0v) is 19.2. The minimum atomic E-state index is -0.115. The van der Waals surface area contributed by atoms with Crippen molar-refractivity contribution in [3.63, 3.8) is 0 Å². The van der Waals surface area contributed by atoms with Gasteiger partial charge in [-0.05, 0) is 36.6 Å². The number of benzene rings is 1. The molecule has 1 aromatic carbocycles. The number of nitrogens with one attached hydrogen (secondary N) is 3. The second-order valence-electron chi connectivity index (χ2n) is 8.60. The summed E-state index contributed by atoms with van der Waals surface area (Å²) in [5.41, 5.74) is 4.39. The van der Waals surface area contributed by atoms with Gasteiger partial charge in [0, 0.05) is 55.0 Å². The van der Waals surface area contributed by atoms with Crippen LogP contribution in [0.4, 0.5) is 11.6 Å². The SMILES string of the molecule is CNC(=O)c1ccnc2c([C@H](C)CNc3cc(-c4ccnc(NC5CC5)c4)ncn3)cccc12. The van der Waals surface area contributed by atoms with Crippen LogP contribution in [0, 0.1) is 0 Å². The predicted octanol–water partition coefficient (Wildman–Crippen LogP) is 4.24. The molecule has 8 heteroatoms. The van der Waals surface area contributed by atoms with Crippen LogP contribution < -0.4 is 16.0 Å². The molecule has 5 rings (SSSR count). The largest absolute Gasteiger partial charge is 0.369 e. The first-order chi connectivity index (χ1) is 16.6. The molecule has 1 saturated carbocycles. The number of nitrogens with zero attached hydrogens (tertiary/aromatic N) is 4. The molecule has 0 spiro atoms. The zero-order chi connectivity index (χ0) is 23.5. The summed E-state index contributed by atoms with van der Waals surface area (Å²) >= 11 is 0. The molecule has 1 fully saturated rings. The molecular formula is C26H27N7O. The average Bonchev–Trinajstić information content (AvgIpc) is 3.70. The van der Waals surface area contributed by atoms with E-state index >= 15 is 0 Å². The lowest BCUT2D eigenvalue weighted by Gasteiger charge is -2.16. The Bertz CT molecular complexity index is 1340. The molecule has 34 heavy (non-hydrogen) atoms. The lowest BCUT2D eigenvalue weighted by Crippen LogP contribution is -2.18. The lowest BCUT2D eigenvalue weighted by atomic mass is 9.96. The molecule has 0 saturated heterocycles. The number of aromatic nitrogens is 4. The van der Waals surface area contributed by atoms with Gasteiger partial charge in [-0.1, -0.05) is 25.1 Å². The van der Waals surface area contributed by atoms with Crippen molar-refractivity contribution >= 4 is 28.4 Å². The van der Waals surface area contributed by atoms with E-state index in [-0.39, 0.29) is 11.8 Å². The van der Waals surface area contributed by atoms with Crippen molar-refractivity contribution in [2.75, 3.05) is 24.2 Å². The highest BCUT2D eigenvalue weighted by Gasteiger charge is 2.21. The van der Waals surface area contributed by atoms with Crippen molar-refractivity contribution in [1.29, 1.82) is 0 Å². The summed E-state index contributed by atoms with van der Waals surface area (Å²) in [5, 5.41) is 10.4. The number of hydrogen-bond donors (Lipinski definition) is 3. The first-order valence-electron chi connectivity index (χ1n) is 11.5. The van der Waals surface area contributed by atoms with Gasteiger partial charge < -0.3 is 16.0 Å². The maximum atomic E-state index is 12.3. The van der Waals surface area contributed by atoms with Gasteiger partial charge in [0.15, 0.2) is 0 Å². The summed E-state index contributed by atoms with van der Waals surface area (Å²) in [6.07, 6.45) is 7.47. The van der Waals surface area contributed by atoms with E-state index in [2.05, 4.69) is 48.9 Å². The Balaban J connectivity index is 1.33. The maximum Gasteiger partial charge on any atom is 0.251 e. The molecule has 172 valence electrons. The van der Waals surface area contributed by atoms with Crippen LogP contribution in [0.25, 0.3) is 22.2 Å². The van der Waals surface area contributed by atoms with Gasteiger partial charge in [0.25, 0.3) is 5.91 Å². The highest BCUT2D eigenvalue weighted by atomic mass is 16.1. The summed E-state index contributed by atoms with van der Waals surface area (Å²) in [5.74, 6) is 1.66. The molecule has 1 atom stereocenters. The van der Waals surface area contributed by atoms with Crippen LogP contribution >= 0.6 is 0 Å². The Hall–Kier alpha value is -4.07. The first-order valence-corrected chi connectivity index (χ1v) is 11.5. The first kappa shape index (κ1) is 21.8. The molecule has 0 aliphatic heterocycles. The zero-order valence-electron chi connectivity index (χ0n) is 19.2. The standard InChI is InChI=1S/C26H27N7O/c1-16(19-4-3-5-20-21(26(34)27-2)9-11-29-25(19)20)14-30-23-13-22(31-15-32-23)17-8-10-28-24(12-17)33-18-6-7-18/h3-5,8-13,15-16,18H,6-7,14H2,1-2H3,(H,27,34)(H,28,33)(H,30,31,32)/t16-/m1/s1. The number of anilines is 2. The molecule has 3 aromatic heterocycles. The summed E-state index contributed by atoms with van der Waals surface area (Å²) < 4.78 is 0. The number of para-hydroxylation sites is 1. The second-order valence-corrected chi connectivity index (χ2v) is 8.60. The van der Waals surface area contributed by atoms with Gasteiger partial charge in [-0.2, -0.15) is 0 Å². The van der Waals surface area contributed by atoms with Gasteiger partial charge in [0.05, 0.1) is 16.8 Å². The molecule has 0 bridgehead atoms. The van der Waals surface area contributed by atoms with Crippen LogP contribution in [0.1, 0.15) is 41.6 Å². The number of pyridine rings is 2. The molecule has 3 N–H and O–H groups in total. The summed E-state index contributed by atoms with van der Waals surface area (Å²) in [6, 6.07) is 14.2. The van der Waals surface area contributed by atoms with Crippen molar-refractivity contribution in [3.8, 4) is 11.3 Å². The molecule has 1 aliphatic carbocycles. The highest BCUT2D eigenvalue weighted by molar-refractivity contribution is 6.06. The Morgan fingerprint density at radius 3 is 2.71 bits per heavy atom. The van der Waals surface area contributed by atoms with Crippen molar-refractivity contribution in [2.45, 2.75) is 31.7 Å². The molecule has 8 nitrogen and oxygen atoms in total. The van der Waals surface area contributed by atoms with Crippen LogP contribution in [-0.2, 0) is 0 Å². The molecule has 1 amide bonds. The molecule has 3 heterocycles.